The van der Waals surface area contributed by atoms with E-state index in [1.54, 1.807) is 18.5 Å². The molecule has 0 radical (unpaired) electrons. The summed E-state index contributed by atoms with van der Waals surface area (Å²) in [6.45, 7) is 1.18. The van der Waals surface area contributed by atoms with Gasteiger partial charge in [-0.15, -0.1) is 0 Å². The van der Waals surface area contributed by atoms with E-state index in [-0.39, 0.29) is 11.9 Å². The maximum absolute atomic E-state index is 11.8. The molecule has 10 heteroatoms. The van der Waals surface area contributed by atoms with Gasteiger partial charge in [-0.1, -0.05) is 11.6 Å². The van der Waals surface area contributed by atoms with E-state index in [1.807, 2.05) is 6.07 Å². The van der Waals surface area contributed by atoms with Gasteiger partial charge in [0.05, 0.1) is 16.4 Å². The van der Waals surface area contributed by atoms with Crippen LogP contribution in [-0.2, 0) is 9.53 Å². The topological polar surface area (TPSA) is 126 Å². The summed E-state index contributed by atoms with van der Waals surface area (Å²) in [5, 5.41) is 13.3. The number of carbonyl (C=O) groups is 1. The van der Waals surface area contributed by atoms with E-state index in [9.17, 15) is 9.90 Å². The Balaban J connectivity index is 1.42. The quantitative estimate of drug-likeness (QED) is 0.630. The van der Waals surface area contributed by atoms with E-state index < -0.39 is 12.0 Å². The zero-order valence-corrected chi connectivity index (χ0v) is 17.7. The second-order valence-electron chi connectivity index (χ2n) is 8.35. The second kappa shape index (κ2) is 7.03. The van der Waals surface area contributed by atoms with Crippen molar-refractivity contribution in [1.82, 2.24) is 15.2 Å². The molecule has 1 atom stereocenters. The van der Waals surface area contributed by atoms with Crippen molar-refractivity contribution in [2.45, 2.75) is 25.3 Å². The highest BCUT2D eigenvalue weighted by atomic mass is 35.5. The molecule has 4 heterocycles. The monoisotopic (exact) mass is 453 g/mol. The van der Waals surface area contributed by atoms with Crippen LogP contribution in [0.15, 0.2) is 56.5 Å². The SMILES string of the molecule is Nc1nc2cc(C3=NC=C4C(NC(C(=O)O)C5CC5)=COCC5=C4N3CC5)cc(Cl)c2o1. The van der Waals surface area contributed by atoms with E-state index in [0.717, 1.165) is 54.0 Å². The van der Waals surface area contributed by atoms with Gasteiger partial charge in [-0.2, -0.15) is 4.98 Å². The number of ether oxygens (including phenoxy) is 1. The van der Waals surface area contributed by atoms with Crippen molar-refractivity contribution in [2.75, 3.05) is 18.9 Å². The van der Waals surface area contributed by atoms with Crippen molar-refractivity contribution in [3.8, 4) is 0 Å². The first kappa shape index (κ1) is 19.2. The molecular formula is C22H20ClN5O4. The molecule has 9 nitrogen and oxygen atoms in total. The largest absolute Gasteiger partial charge is 0.495 e. The lowest BCUT2D eigenvalue weighted by Crippen LogP contribution is -2.40. The van der Waals surface area contributed by atoms with E-state index in [2.05, 4.69) is 15.2 Å². The van der Waals surface area contributed by atoms with Crippen molar-refractivity contribution in [1.29, 1.82) is 0 Å². The summed E-state index contributed by atoms with van der Waals surface area (Å²) >= 11 is 6.42. The van der Waals surface area contributed by atoms with Crippen LogP contribution in [-0.4, -0.2) is 46.0 Å². The molecule has 1 unspecified atom stereocenters. The van der Waals surface area contributed by atoms with Crippen molar-refractivity contribution in [3.05, 3.63) is 57.7 Å². The summed E-state index contributed by atoms with van der Waals surface area (Å²) in [5.74, 6) is 0.0182. The van der Waals surface area contributed by atoms with Gasteiger partial charge >= 0.3 is 5.97 Å². The van der Waals surface area contributed by atoms with Crippen molar-refractivity contribution >= 4 is 40.5 Å². The van der Waals surface area contributed by atoms with Crippen LogP contribution in [0.25, 0.3) is 11.1 Å². The Morgan fingerprint density at radius 3 is 3.00 bits per heavy atom. The minimum absolute atomic E-state index is 0.0587. The number of nitrogens with zero attached hydrogens (tertiary/aromatic N) is 3. The molecule has 0 bridgehead atoms. The maximum atomic E-state index is 11.8. The number of carboxylic acid groups (broad SMARTS) is 1. The van der Waals surface area contributed by atoms with E-state index in [4.69, 9.17) is 31.5 Å². The fourth-order valence-corrected chi connectivity index (χ4v) is 4.81. The molecule has 0 spiro atoms. The average Bonchev–Trinajstić information content (AvgIpc) is 3.43. The summed E-state index contributed by atoms with van der Waals surface area (Å²) in [4.78, 5) is 22.9. The van der Waals surface area contributed by atoms with Crippen LogP contribution in [0.3, 0.4) is 0 Å². The van der Waals surface area contributed by atoms with Crippen LogP contribution in [0.5, 0.6) is 0 Å². The molecule has 0 saturated heterocycles. The number of amidine groups is 1. The maximum Gasteiger partial charge on any atom is 0.326 e. The normalized spacial score (nSPS) is 20.8. The minimum atomic E-state index is -0.856. The van der Waals surface area contributed by atoms with E-state index in [1.165, 1.54) is 0 Å². The Hall–Kier alpha value is -3.46. The van der Waals surface area contributed by atoms with Gasteiger partial charge < -0.3 is 30.2 Å². The lowest BCUT2D eigenvalue weighted by Gasteiger charge is -2.30. The van der Waals surface area contributed by atoms with Crippen molar-refractivity contribution in [2.24, 2.45) is 10.9 Å². The van der Waals surface area contributed by atoms with Gasteiger partial charge in [0.2, 0.25) is 0 Å². The minimum Gasteiger partial charge on any atom is -0.495 e. The number of nitrogens with two attached hydrogens (primary N) is 1. The number of hydrogen-bond acceptors (Lipinski definition) is 8. The van der Waals surface area contributed by atoms with Gasteiger partial charge in [-0.3, -0.25) is 0 Å². The standard InChI is InChI=1S/C22H20ClN5O4/c23-14-5-12(6-15-19(14)32-22(24)27-15)20-25-7-13-16(26-17(21(29)30)10-1-2-10)9-31-8-11-3-4-28(20)18(11)13/h5-7,9-10,17,26H,1-4,8H2,(H2,24,27)(H,29,30). The third kappa shape index (κ3) is 3.03. The van der Waals surface area contributed by atoms with Crippen LogP contribution in [0.4, 0.5) is 6.01 Å². The molecule has 4 aliphatic rings. The number of aliphatic carboxylic acids is 1. The number of nitrogen functional groups attached to an aromatic ring is 1. The molecule has 3 aliphatic heterocycles. The van der Waals surface area contributed by atoms with Crippen LogP contribution in [0.1, 0.15) is 24.8 Å². The molecule has 1 aromatic carbocycles. The van der Waals surface area contributed by atoms with Gasteiger partial charge in [0.25, 0.3) is 6.01 Å². The molecule has 32 heavy (non-hydrogen) atoms. The number of carboxylic acids is 1. The smallest absolute Gasteiger partial charge is 0.326 e. The first-order valence-electron chi connectivity index (χ1n) is 10.4. The molecule has 1 aromatic heterocycles. The number of halogens is 1. The first-order chi connectivity index (χ1) is 15.5. The molecule has 1 aliphatic carbocycles. The number of benzene rings is 1. The molecule has 1 saturated carbocycles. The van der Waals surface area contributed by atoms with Gasteiger partial charge in [0.15, 0.2) is 5.58 Å². The van der Waals surface area contributed by atoms with Crippen LogP contribution in [0.2, 0.25) is 5.02 Å². The predicted octanol–water partition coefficient (Wildman–Crippen LogP) is 2.99. The molecular weight excluding hydrogens is 434 g/mol. The number of nitrogens with one attached hydrogen (secondary N) is 1. The third-order valence-corrected chi connectivity index (χ3v) is 6.49. The zero-order valence-electron chi connectivity index (χ0n) is 17.0. The zero-order chi connectivity index (χ0) is 22.0. The Kier molecular flexibility index (Phi) is 4.23. The second-order valence-corrected chi connectivity index (χ2v) is 8.76. The summed E-state index contributed by atoms with van der Waals surface area (Å²) in [7, 11) is 0. The van der Waals surface area contributed by atoms with Crippen LogP contribution >= 0.6 is 11.6 Å². The molecule has 4 N–H and O–H groups in total. The molecule has 1 fully saturated rings. The highest BCUT2D eigenvalue weighted by Crippen LogP contribution is 2.40. The average molecular weight is 454 g/mol. The number of hydrogen-bond donors (Lipinski definition) is 3. The number of rotatable bonds is 5. The first-order valence-corrected chi connectivity index (χ1v) is 10.8. The number of oxazole rings is 1. The van der Waals surface area contributed by atoms with E-state index in [0.29, 0.717) is 28.4 Å². The fourth-order valence-electron chi connectivity index (χ4n) is 4.56. The summed E-state index contributed by atoms with van der Waals surface area (Å²) in [6, 6.07) is 3.06. The Bertz CT molecular complexity index is 1290. The van der Waals surface area contributed by atoms with Gasteiger partial charge in [-0.05, 0) is 42.9 Å². The number of anilines is 1. The van der Waals surface area contributed by atoms with Gasteiger partial charge in [-0.25, -0.2) is 9.79 Å². The summed E-state index contributed by atoms with van der Waals surface area (Å²) in [5.41, 5.74) is 11.1. The molecule has 6 rings (SSSR count). The van der Waals surface area contributed by atoms with Gasteiger partial charge in [0.1, 0.15) is 30.3 Å². The molecule has 2 aromatic rings. The Morgan fingerprint density at radius 2 is 2.22 bits per heavy atom. The van der Waals surface area contributed by atoms with Crippen LogP contribution in [0, 0.1) is 5.92 Å². The number of aliphatic imine (C=N–C) groups is 1. The lowest BCUT2D eigenvalue weighted by atomic mass is 10.0. The van der Waals surface area contributed by atoms with Crippen molar-refractivity contribution in [3.63, 3.8) is 0 Å². The van der Waals surface area contributed by atoms with Crippen molar-refractivity contribution < 1.29 is 19.1 Å². The number of fused-ring (bicyclic) bond motifs is 1. The lowest BCUT2D eigenvalue weighted by molar-refractivity contribution is -0.139. The summed E-state index contributed by atoms with van der Waals surface area (Å²) < 4.78 is 11.2. The summed E-state index contributed by atoms with van der Waals surface area (Å²) in [6.07, 6.45) is 6.03. The molecule has 0 amide bonds. The Labute approximate surface area is 187 Å². The van der Waals surface area contributed by atoms with Crippen LogP contribution < -0.4 is 11.1 Å². The van der Waals surface area contributed by atoms with E-state index >= 15 is 0 Å². The number of aromatic nitrogens is 1. The third-order valence-electron chi connectivity index (χ3n) is 6.21. The van der Waals surface area contributed by atoms with Gasteiger partial charge in [0, 0.05) is 23.9 Å². The predicted molar refractivity (Wildman–Crippen MR) is 118 cm³/mol. The highest BCUT2D eigenvalue weighted by Gasteiger charge is 2.40. The molecule has 164 valence electrons. The highest BCUT2D eigenvalue weighted by molar-refractivity contribution is 6.35. The Morgan fingerprint density at radius 1 is 1.38 bits per heavy atom. The fraction of sp³-hybridized carbons (Fsp3) is 0.318.